The van der Waals surface area contributed by atoms with Gasteiger partial charge in [0, 0.05) is 23.4 Å². The average Bonchev–Trinajstić information content (AvgIpc) is 2.56. The molecular weight excluding hydrogens is 292 g/mol. The van der Waals surface area contributed by atoms with E-state index in [-0.39, 0.29) is 11.8 Å². The highest BCUT2D eigenvalue weighted by Crippen LogP contribution is 2.16. The van der Waals surface area contributed by atoms with Crippen LogP contribution >= 0.6 is 0 Å². The Balaban J connectivity index is 2.05. The van der Waals surface area contributed by atoms with Gasteiger partial charge in [-0.25, -0.2) is 0 Å². The molecule has 0 saturated heterocycles. The molecule has 0 heterocycles. The van der Waals surface area contributed by atoms with Crippen molar-refractivity contribution in [1.29, 1.82) is 0 Å². The fourth-order valence-corrected chi connectivity index (χ4v) is 2.06. The number of rotatable bonds is 6. The Labute approximate surface area is 135 Å². The summed E-state index contributed by atoms with van der Waals surface area (Å²) in [5, 5.41) is 5.53. The number of hydrogen-bond donors (Lipinski definition) is 2. The average molecular weight is 312 g/mol. The van der Waals surface area contributed by atoms with E-state index in [0.29, 0.717) is 35.7 Å². The van der Waals surface area contributed by atoms with Crippen LogP contribution in [0.2, 0.25) is 0 Å². The van der Waals surface area contributed by atoms with Crippen molar-refractivity contribution in [3.05, 3.63) is 59.7 Å². The second kappa shape index (κ2) is 7.98. The number of carbonyl (C=O) groups excluding carboxylic acids is 2. The molecule has 2 aromatic carbocycles. The van der Waals surface area contributed by atoms with Gasteiger partial charge in [-0.1, -0.05) is 6.07 Å². The minimum Gasteiger partial charge on any atom is -0.494 e. The first kappa shape index (κ1) is 16.5. The zero-order chi connectivity index (χ0) is 16.7. The standard InChI is InChI=1S/C18H20N2O3/c1-3-19-17(21)13-8-10-15(11-9-13)20-18(22)14-6-5-7-16(12-14)23-4-2/h5-12H,3-4H2,1-2H3,(H,19,21)(H,20,22). The predicted octanol–water partition coefficient (Wildman–Crippen LogP) is 3.09. The summed E-state index contributed by atoms with van der Waals surface area (Å²) in [5.74, 6) is 0.304. The number of hydrogen-bond acceptors (Lipinski definition) is 3. The summed E-state index contributed by atoms with van der Waals surface area (Å²) < 4.78 is 5.39. The van der Waals surface area contributed by atoms with E-state index < -0.39 is 0 Å². The molecular formula is C18H20N2O3. The van der Waals surface area contributed by atoms with Crippen molar-refractivity contribution in [1.82, 2.24) is 5.32 Å². The molecule has 0 saturated carbocycles. The van der Waals surface area contributed by atoms with Crippen molar-refractivity contribution in [2.45, 2.75) is 13.8 Å². The summed E-state index contributed by atoms with van der Waals surface area (Å²) in [6.45, 7) is 4.88. The molecule has 2 rings (SSSR count). The van der Waals surface area contributed by atoms with Crippen LogP contribution in [0.25, 0.3) is 0 Å². The Hall–Kier alpha value is -2.82. The SMILES string of the molecule is CCNC(=O)c1ccc(NC(=O)c2cccc(OCC)c2)cc1. The Kier molecular flexibility index (Phi) is 5.74. The molecule has 5 heteroatoms. The highest BCUT2D eigenvalue weighted by atomic mass is 16.5. The van der Waals surface area contributed by atoms with Gasteiger partial charge in [-0.3, -0.25) is 9.59 Å². The van der Waals surface area contributed by atoms with E-state index in [9.17, 15) is 9.59 Å². The number of carbonyl (C=O) groups is 2. The van der Waals surface area contributed by atoms with Gasteiger partial charge in [-0.05, 0) is 56.3 Å². The summed E-state index contributed by atoms with van der Waals surface area (Å²) in [6.07, 6.45) is 0. The first-order valence-corrected chi connectivity index (χ1v) is 7.56. The molecule has 0 radical (unpaired) electrons. The van der Waals surface area contributed by atoms with Gasteiger partial charge in [0.15, 0.2) is 0 Å². The minimum absolute atomic E-state index is 0.130. The third-order valence-corrected chi connectivity index (χ3v) is 3.15. The summed E-state index contributed by atoms with van der Waals surface area (Å²) in [6, 6.07) is 13.8. The van der Waals surface area contributed by atoms with Gasteiger partial charge in [0.25, 0.3) is 11.8 Å². The summed E-state index contributed by atoms with van der Waals surface area (Å²) in [5.41, 5.74) is 1.71. The smallest absolute Gasteiger partial charge is 0.255 e. The van der Waals surface area contributed by atoms with Crippen LogP contribution in [0.4, 0.5) is 5.69 Å². The van der Waals surface area contributed by atoms with Crippen LogP contribution in [0.3, 0.4) is 0 Å². The monoisotopic (exact) mass is 312 g/mol. The first-order chi connectivity index (χ1) is 11.1. The number of nitrogens with one attached hydrogen (secondary N) is 2. The van der Waals surface area contributed by atoms with E-state index in [1.54, 1.807) is 48.5 Å². The maximum Gasteiger partial charge on any atom is 0.255 e. The molecule has 0 aliphatic heterocycles. The van der Waals surface area contributed by atoms with Gasteiger partial charge in [0.1, 0.15) is 5.75 Å². The Morgan fingerprint density at radius 1 is 0.957 bits per heavy atom. The zero-order valence-electron chi connectivity index (χ0n) is 13.3. The molecule has 0 fully saturated rings. The van der Waals surface area contributed by atoms with Crippen LogP contribution in [0.15, 0.2) is 48.5 Å². The molecule has 0 aliphatic carbocycles. The summed E-state index contributed by atoms with van der Waals surface area (Å²) >= 11 is 0. The lowest BCUT2D eigenvalue weighted by Gasteiger charge is -2.08. The van der Waals surface area contributed by atoms with E-state index in [2.05, 4.69) is 10.6 Å². The van der Waals surface area contributed by atoms with Crippen LogP contribution in [0, 0.1) is 0 Å². The molecule has 2 amide bonds. The second-order valence-electron chi connectivity index (χ2n) is 4.85. The molecule has 0 aliphatic rings. The highest BCUT2D eigenvalue weighted by Gasteiger charge is 2.08. The van der Waals surface area contributed by atoms with E-state index in [1.165, 1.54) is 0 Å². The molecule has 0 atom stereocenters. The normalized spacial score (nSPS) is 10.0. The number of anilines is 1. The Morgan fingerprint density at radius 2 is 1.70 bits per heavy atom. The van der Waals surface area contributed by atoms with Crippen molar-refractivity contribution in [3.8, 4) is 5.75 Å². The van der Waals surface area contributed by atoms with Crippen molar-refractivity contribution in [2.24, 2.45) is 0 Å². The third kappa shape index (κ3) is 4.57. The summed E-state index contributed by atoms with van der Waals surface area (Å²) in [4.78, 5) is 23.9. The van der Waals surface area contributed by atoms with Crippen LogP contribution in [0.1, 0.15) is 34.6 Å². The van der Waals surface area contributed by atoms with Crippen LogP contribution in [0.5, 0.6) is 5.75 Å². The molecule has 0 spiro atoms. The zero-order valence-corrected chi connectivity index (χ0v) is 13.3. The largest absolute Gasteiger partial charge is 0.494 e. The lowest BCUT2D eigenvalue weighted by atomic mass is 10.1. The van der Waals surface area contributed by atoms with E-state index in [4.69, 9.17) is 4.74 Å². The van der Waals surface area contributed by atoms with Crippen molar-refractivity contribution in [3.63, 3.8) is 0 Å². The number of ether oxygens (including phenoxy) is 1. The maximum atomic E-state index is 12.2. The maximum absolute atomic E-state index is 12.2. The fourth-order valence-electron chi connectivity index (χ4n) is 2.06. The molecule has 0 aromatic heterocycles. The van der Waals surface area contributed by atoms with Gasteiger partial charge in [0.2, 0.25) is 0 Å². The topological polar surface area (TPSA) is 67.4 Å². The second-order valence-corrected chi connectivity index (χ2v) is 4.85. The van der Waals surface area contributed by atoms with Gasteiger partial charge < -0.3 is 15.4 Å². The van der Waals surface area contributed by atoms with E-state index in [1.807, 2.05) is 13.8 Å². The molecule has 120 valence electrons. The molecule has 2 N–H and O–H groups in total. The van der Waals surface area contributed by atoms with E-state index >= 15 is 0 Å². The fraction of sp³-hybridized carbons (Fsp3) is 0.222. The van der Waals surface area contributed by atoms with Crippen molar-refractivity contribution in [2.75, 3.05) is 18.5 Å². The Bertz CT molecular complexity index is 681. The van der Waals surface area contributed by atoms with Crippen molar-refractivity contribution < 1.29 is 14.3 Å². The molecule has 5 nitrogen and oxygen atoms in total. The molecule has 23 heavy (non-hydrogen) atoms. The van der Waals surface area contributed by atoms with Gasteiger partial charge >= 0.3 is 0 Å². The molecule has 0 bridgehead atoms. The molecule has 0 unspecified atom stereocenters. The van der Waals surface area contributed by atoms with Crippen LogP contribution in [-0.4, -0.2) is 25.0 Å². The Morgan fingerprint density at radius 3 is 2.35 bits per heavy atom. The third-order valence-electron chi connectivity index (χ3n) is 3.15. The lowest BCUT2D eigenvalue weighted by molar-refractivity contribution is 0.0955. The van der Waals surface area contributed by atoms with Crippen LogP contribution < -0.4 is 15.4 Å². The summed E-state index contributed by atoms with van der Waals surface area (Å²) in [7, 11) is 0. The van der Waals surface area contributed by atoms with Crippen molar-refractivity contribution >= 4 is 17.5 Å². The number of benzene rings is 2. The first-order valence-electron chi connectivity index (χ1n) is 7.56. The van der Waals surface area contributed by atoms with Crippen LogP contribution in [-0.2, 0) is 0 Å². The predicted molar refractivity (Wildman–Crippen MR) is 90.0 cm³/mol. The minimum atomic E-state index is -0.225. The van der Waals surface area contributed by atoms with Gasteiger partial charge in [-0.2, -0.15) is 0 Å². The molecule has 2 aromatic rings. The lowest BCUT2D eigenvalue weighted by Crippen LogP contribution is -2.22. The number of amides is 2. The quantitative estimate of drug-likeness (QED) is 0.861. The van der Waals surface area contributed by atoms with Gasteiger partial charge in [0.05, 0.1) is 6.61 Å². The van der Waals surface area contributed by atoms with Gasteiger partial charge in [-0.15, -0.1) is 0 Å². The highest BCUT2D eigenvalue weighted by molar-refractivity contribution is 6.04. The van der Waals surface area contributed by atoms with E-state index in [0.717, 1.165) is 0 Å².